The zero-order valence-electron chi connectivity index (χ0n) is 8.66. The van der Waals surface area contributed by atoms with Gasteiger partial charge in [-0.15, -0.1) is 0 Å². The van der Waals surface area contributed by atoms with Crippen LogP contribution in [-0.4, -0.2) is 28.7 Å². The van der Waals surface area contributed by atoms with Gasteiger partial charge in [-0.25, -0.2) is 0 Å². The Hall–Kier alpha value is -0.310. The van der Waals surface area contributed by atoms with Gasteiger partial charge in [0.05, 0.1) is 12.0 Å². The monoisotopic (exact) mass is 257 g/mol. The molecule has 2 nitrogen and oxygen atoms in total. The number of nitrogens with zero attached hydrogens (tertiary/aromatic N) is 1. The maximum Gasteiger partial charge on any atom is 0.230 e. The summed E-state index contributed by atoms with van der Waals surface area (Å²) in [5.41, 5.74) is 0.175. The van der Waals surface area contributed by atoms with E-state index in [0.29, 0.717) is 11.9 Å². The number of carbonyl (C=O) groups is 1. The van der Waals surface area contributed by atoms with Crippen LogP contribution in [0.3, 0.4) is 0 Å². The predicted molar refractivity (Wildman–Crippen MR) is 60.3 cm³/mol. The van der Waals surface area contributed by atoms with E-state index in [0.717, 1.165) is 18.3 Å². The molecule has 0 aromatic carbocycles. The van der Waals surface area contributed by atoms with Gasteiger partial charge >= 0.3 is 0 Å². The van der Waals surface area contributed by atoms with Gasteiger partial charge in [-0.05, 0) is 11.8 Å². The summed E-state index contributed by atoms with van der Waals surface area (Å²) in [6.45, 7) is 5.23. The largest absolute Gasteiger partial charge is 0.335 e. The van der Waals surface area contributed by atoms with Crippen LogP contribution in [0.1, 0.15) is 20.3 Å². The highest BCUT2D eigenvalue weighted by atomic mass is 79.9. The molecule has 2 bridgehead atoms. The van der Waals surface area contributed by atoms with Crippen LogP contribution in [0.4, 0.5) is 0 Å². The lowest BCUT2D eigenvalue weighted by Crippen LogP contribution is -2.42. The van der Waals surface area contributed by atoms with Gasteiger partial charge in [0.1, 0.15) is 0 Å². The number of fused-ring (bicyclic) bond motifs is 2. The average Bonchev–Trinajstić information content (AvgIpc) is 2.70. The molecule has 3 heteroatoms. The Morgan fingerprint density at radius 3 is 2.79 bits per heavy atom. The minimum atomic E-state index is 0.175. The molecule has 1 saturated heterocycles. The molecule has 2 rings (SSSR count). The van der Waals surface area contributed by atoms with Crippen molar-refractivity contribution >= 4 is 21.8 Å². The summed E-state index contributed by atoms with van der Waals surface area (Å²) < 4.78 is 0. The third-order valence-electron chi connectivity index (χ3n) is 3.02. The van der Waals surface area contributed by atoms with Crippen LogP contribution in [0.5, 0.6) is 0 Å². The van der Waals surface area contributed by atoms with Gasteiger partial charge in [-0.3, -0.25) is 4.79 Å². The molecule has 0 saturated carbocycles. The molecule has 0 radical (unpaired) electrons. The molecule has 0 aromatic rings. The van der Waals surface area contributed by atoms with Gasteiger partial charge in [0, 0.05) is 11.9 Å². The third-order valence-corrected chi connectivity index (χ3v) is 4.54. The second-order valence-electron chi connectivity index (χ2n) is 5.06. The van der Waals surface area contributed by atoms with Crippen LogP contribution in [-0.2, 0) is 4.79 Å². The van der Waals surface area contributed by atoms with E-state index in [1.807, 2.05) is 4.90 Å². The van der Waals surface area contributed by atoms with Crippen LogP contribution >= 0.6 is 15.9 Å². The molecule has 0 aromatic heterocycles. The SMILES string of the molecule is CC(C)(CBr)CN1C(=O)C2C=CC1C2. The average molecular weight is 258 g/mol. The molecular formula is C11H16BrNO. The van der Waals surface area contributed by atoms with Gasteiger partial charge in [-0.2, -0.15) is 0 Å². The molecule has 14 heavy (non-hydrogen) atoms. The minimum Gasteiger partial charge on any atom is -0.335 e. The quantitative estimate of drug-likeness (QED) is 0.561. The highest BCUT2D eigenvalue weighted by molar-refractivity contribution is 9.09. The second-order valence-corrected chi connectivity index (χ2v) is 5.62. The predicted octanol–water partition coefficient (Wildman–Crippen LogP) is 2.19. The minimum absolute atomic E-state index is 0.175. The first-order valence-electron chi connectivity index (χ1n) is 5.08. The smallest absolute Gasteiger partial charge is 0.230 e. The molecule has 78 valence electrons. The van der Waals surface area contributed by atoms with Crippen molar-refractivity contribution in [1.29, 1.82) is 0 Å². The number of hydrogen-bond acceptors (Lipinski definition) is 1. The van der Waals surface area contributed by atoms with Crippen LogP contribution in [0.25, 0.3) is 0 Å². The number of halogens is 1. The molecule has 2 aliphatic rings. The normalized spacial score (nSPS) is 30.5. The number of hydrogen-bond donors (Lipinski definition) is 0. The van der Waals surface area contributed by atoms with Crippen LogP contribution in [0.15, 0.2) is 12.2 Å². The number of rotatable bonds is 3. The maximum absolute atomic E-state index is 11.8. The Morgan fingerprint density at radius 2 is 2.29 bits per heavy atom. The Kier molecular flexibility index (Phi) is 2.46. The summed E-state index contributed by atoms with van der Waals surface area (Å²) in [5, 5.41) is 0.935. The van der Waals surface area contributed by atoms with Crippen molar-refractivity contribution in [3.05, 3.63) is 12.2 Å². The van der Waals surface area contributed by atoms with Crippen molar-refractivity contribution < 1.29 is 4.79 Å². The van der Waals surface area contributed by atoms with E-state index in [9.17, 15) is 4.79 Å². The fraction of sp³-hybridized carbons (Fsp3) is 0.727. The Bertz CT molecular complexity index is 285. The Balaban J connectivity index is 2.07. The van der Waals surface area contributed by atoms with Gasteiger partial charge < -0.3 is 4.90 Å². The lowest BCUT2D eigenvalue weighted by molar-refractivity contribution is -0.132. The molecule has 0 spiro atoms. The first-order chi connectivity index (χ1) is 6.53. The van der Waals surface area contributed by atoms with E-state index in [2.05, 4.69) is 41.9 Å². The van der Waals surface area contributed by atoms with E-state index in [4.69, 9.17) is 0 Å². The van der Waals surface area contributed by atoms with Crippen LogP contribution in [0, 0.1) is 11.3 Å². The summed E-state index contributed by atoms with van der Waals surface area (Å²) in [7, 11) is 0. The first-order valence-corrected chi connectivity index (χ1v) is 6.20. The lowest BCUT2D eigenvalue weighted by atomic mass is 9.95. The molecule has 1 amide bonds. The number of likely N-dealkylation sites (tertiary alicyclic amines) is 1. The number of alkyl halides is 1. The Morgan fingerprint density at radius 1 is 1.57 bits per heavy atom. The van der Waals surface area contributed by atoms with E-state index in [-0.39, 0.29) is 11.3 Å². The zero-order chi connectivity index (χ0) is 10.3. The lowest BCUT2D eigenvalue weighted by Gasteiger charge is -2.32. The standard InChI is InChI=1S/C11H16BrNO/c1-11(2,6-12)7-13-9-4-3-8(5-9)10(13)14/h3-4,8-9H,5-7H2,1-2H3. The van der Waals surface area contributed by atoms with E-state index in [1.165, 1.54) is 0 Å². The van der Waals surface area contributed by atoms with Gasteiger partial charge in [-0.1, -0.05) is 41.9 Å². The zero-order valence-corrected chi connectivity index (χ0v) is 10.3. The molecule has 1 fully saturated rings. The third kappa shape index (κ3) is 1.62. The summed E-state index contributed by atoms with van der Waals surface area (Å²) >= 11 is 3.50. The molecule has 1 aliphatic carbocycles. The van der Waals surface area contributed by atoms with E-state index in [1.54, 1.807) is 0 Å². The van der Waals surface area contributed by atoms with Crippen molar-refractivity contribution in [3.63, 3.8) is 0 Å². The molecule has 0 N–H and O–H groups in total. The topological polar surface area (TPSA) is 20.3 Å². The number of amides is 1. The van der Waals surface area contributed by atoms with Crippen molar-refractivity contribution in [3.8, 4) is 0 Å². The number of carbonyl (C=O) groups excluding carboxylic acids is 1. The van der Waals surface area contributed by atoms with Crippen molar-refractivity contribution in [2.75, 3.05) is 11.9 Å². The second kappa shape index (κ2) is 3.37. The molecular weight excluding hydrogens is 242 g/mol. The van der Waals surface area contributed by atoms with Crippen LogP contribution in [0.2, 0.25) is 0 Å². The molecule has 2 unspecified atom stereocenters. The van der Waals surface area contributed by atoms with Gasteiger partial charge in [0.25, 0.3) is 0 Å². The highest BCUT2D eigenvalue weighted by Gasteiger charge is 2.42. The Labute approximate surface area is 93.5 Å². The van der Waals surface area contributed by atoms with E-state index >= 15 is 0 Å². The van der Waals surface area contributed by atoms with Crippen molar-refractivity contribution in [2.24, 2.45) is 11.3 Å². The van der Waals surface area contributed by atoms with Crippen molar-refractivity contribution in [1.82, 2.24) is 4.90 Å². The molecule has 1 heterocycles. The van der Waals surface area contributed by atoms with E-state index < -0.39 is 0 Å². The van der Waals surface area contributed by atoms with Gasteiger partial charge in [0.2, 0.25) is 5.91 Å². The van der Waals surface area contributed by atoms with Crippen LogP contribution < -0.4 is 0 Å². The van der Waals surface area contributed by atoms with Crippen molar-refractivity contribution in [2.45, 2.75) is 26.3 Å². The fourth-order valence-electron chi connectivity index (χ4n) is 2.17. The fourth-order valence-corrected chi connectivity index (χ4v) is 2.35. The highest BCUT2D eigenvalue weighted by Crippen LogP contribution is 2.35. The summed E-state index contributed by atoms with van der Waals surface area (Å²) in [6, 6.07) is 0.380. The molecule has 1 aliphatic heterocycles. The first kappa shape index (κ1) is 10.2. The molecule has 2 atom stereocenters. The summed E-state index contributed by atoms with van der Waals surface area (Å²) in [5.74, 6) is 0.512. The summed E-state index contributed by atoms with van der Waals surface area (Å²) in [4.78, 5) is 13.9. The maximum atomic E-state index is 11.8. The summed E-state index contributed by atoms with van der Waals surface area (Å²) in [6.07, 6.45) is 5.25. The van der Waals surface area contributed by atoms with Gasteiger partial charge in [0.15, 0.2) is 0 Å².